The summed E-state index contributed by atoms with van der Waals surface area (Å²) in [5, 5.41) is 16.0. The van der Waals surface area contributed by atoms with Crippen molar-refractivity contribution in [3.05, 3.63) is 36.2 Å². The molecule has 0 unspecified atom stereocenters. The molecule has 2 aliphatic heterocycles. The predicted octanol–water partition coefficient (Wildman–Crippen LogP) is -0.122. The SMILES string of the molecule is OC1(C2=CC=CC=CN2)CNC1. The lowest BCUT2D eigenvalue weighted by atomic mass is 9.92. The standard InChI is InChI=1S/C9H12N2O/c12-9(6-10-7-9)8-4-2-1-3-5-11-8/h1-5,10-12H,6-7H2. The summed E-state index contributed by atoms with van der Waals surface area (Å²) in [6, 6.07) is 0. The monoisotopic (exact) mass is 164 g/mol. The highest BCUT2D eigenvalue weighted by Gasteiger charge is 2.37. The molecule has 0 aromatic heterocycles. The Kier molecular flexibility index (Phi) is 1.75. The van der Waals surface area contributed by atoms with E-state index >= 15 is 0 Å². The van der Waals surface area contributed by atoms with Crippen LogP contribution in [-0.4, -0.2) is 23.8 Å². The van der Waals surface area contributed by atoms with Gasteiger partial charge in [0, 0.05) is 25.0 Å². The molecule has 1 saturated heterocycles. The molecule has 2 heterocycles. The van der Waals surface area contributed by atoms with Crippen molar-refractivity contribution in [2.24, 2.45) is 0 Å². The van der Waals surface area contributed by atoms with Gasteiger partial charge in [-0.15, -0.1) is 0 Å². The van der Waals surface area contributed by atoms with Gasteiger partial charge in [0.25, 0.3) is 0 Å². The predicted molar refractivity (Wildman–Crippen MR) is 47.3 cm³/mol. The topological polar surface area (TPSA) is 44.3 Å². The Morgan fingerprint density at radius 3 is 2.75 bits per heavy atom. The third-order valence-electron chi connectivity index (χ3n) is 2.16. The second kappa shape index (κ2) is 2.77. The summed E-state index contributed by atoms with van der Waals surface area (Å²) in [6.45, 7) is 1.26. The van der Waals surface area contributed by atoms with Gasteiger partial charge >= 0.3 is 0 Å². The van der Waals surface area contributed by atoms with Gasteiger partial charge in [0.1, 0.15) is 5.60 Å². The van der Waals surface area contributed by atoms with Gasteiger partial charge in [0.2, 0.25) is 0 Å². The van der Waals surface area contributed by atoms with Gasteiger partial charge in [-0.05, 0) is 12.2 Å². The van der Waals surface area contributed by atoms with Gasteiger partial charge in [-0.25, -0.2) is 0 Å². The molecule has 1 fully saturated rings. The first kappa shape index (κ1) is 7.58. The molecule has 0 atom stereocenters. The van der Waals surface area contributed by atoms with Crippen LogP contribution in [0.4, 0.5) is 0 Å². The van der Waals surface area contributed by atoms with E-state index < -0.39 is 5.60 Å². The first-order chi connectivity index (χ1) is 5.81. The summed E-state index contributed by atoms with van der Waals surface area (Å²) < 4.78 is 0. The van der Waals surface area contributed by atoms with E-state index in [9.17, 15) is 5.11 Å². The summed E-state index contributed by atoms with van der Waals surface area (Å²) in [6.07, 6.45) is 9.48. The smallest absolute Gasteiger partial charge is 0.129 e. The van der Waals surface area contributed by atoms with Crippen LogP contribution in [0.15, 0.2) is 36.2 Å². The first-order valence-electron chi connectivity index (χ1n) is 4.05. The minimum Gasteiger partial charge on any atom is -0.381 e. The van der Waals surface area contributed by atoms with E-state index in [0.717, 1.165) is 5.70 Å². The van der Waals surface area contributed by atoms with Crippen LogP contribution in [0.1, 0.15) is 0 Å². The maximum Gasteiger partial charge on any atom is 0.129 e. The molecule has 3 N–H and O–H groups in total. The first-order valence-corrected chi connectivity index (χ1v) is 4.05. The largest absolute Gasteiger partial charge is 0.381 e. The van der Waals surface area contributed by atoms with Crippen LogP contribution in [-0.2, 0) is 0 Å². The highest BCUT2D eigenvalue weighted by atomic mass is 16.3. The number of aliphatic hydroxyl groups is 1. The molecule has 12 heavy (non-hydrogen) atoms. The van der Waals surface area contributed by atoms with E-state index in [4.69, 9.17) is 0 Å². The van der Waals surface area contributed by atoms with Gasteiger partial charge < -0.3 is 15.7 Å². The van der Waals surface area contributed by atoms with Gasteiger partial charge in [-0.3, -0.25) is 0 Å². The van der Waals surface area contributed by atoms with E-state index in [-0.39, 0.29) is 0 Å². The zero-order chi connectivity index (χ0) is 8.44. The second-order valence-corrected chi connectivity index (χ2v) is 3.10. The number of hydrogen-bond acceptors (Lipinski definition) is 3. The molecule has 0 aromatic rings. The minimum absolute atomic E-state index is 0.632. The summed E-state index contributed by atoms with van der Waals surface area (Å²) in [7, 11) is 0. The maximum atomic E-state index is 9.90. The van der Waals surface area contributed by atoms with Crippen molar-refractivity contribution >= 4 is 0 Å². The molecule has 0 amide bonds. The third-order valence-corrected chi connectivity index (χ3v) is 2.16. The summed E-state index contributed by atoms with van der Waals surface area (Å²) in [5.74, 6) is 0. The van der Waals surface area contributed by atoms with E-state index in [2.05, 4.69) is 10.6 Å². The normalized spacial score (nSPS) is 25.2. The summed E-state index contributed by atoms with van der Waals surface area (Å²) >= 11 is 0. The summed E-state index contributed by atoms with van der Waals surface area (Å²) in [4.78, 5) is 0. The van der Waals surface area contributed by atoms with Crippen LogP contribution in [0, 0.1) is 0 Å². The fraction of sp³-hybridized carbons (Fsp3) is 0.333. The fourth-order valence-electron chi connectivity index (χ4n) is 1.30. The van der Waals surface area contributed by atoms with Crippen LogP contribution < -0.4 is 10.6 Å². The van der Waals surface area contributed by atoms with Gasteiger partial charge in [-0.2, -0.15) is 0 Å². The zero-order valence-electron chi connectivity index (χ0n) is 6.75. The van der Waals surface area contributed by atoms with Crippen molar-refractivity contribution in [1.29, 1.82) is 0 Å². The van der Waals surface area contributed by atoms with Gasteiger partial charge in [0.15, 0.2) is 0 Å². The number of rotatable bonds is 1. The number of nitrogens with one attached hydrogen (secondary N) is 2. The van der Waals surface area contributed by atoms with Crippen molar-refractivity contribution < 1.29 is 5.11 Å². The highest BCUT2D eigenvalue weighted by Crippen LogP contribution is 2.19. The molecule has 0 spiro atoms. The molecule has 2 aliphatic rings. The Bertz CT molecular complexity index is 262. The lowest BCUT2D eigenvalue weighted by Gasteiger charge is -2.39. The number of β-amino-alcohol motifs (C(OH)–C–C–N with tert-alkyl or cyclic N) is 1. The Balaban J connectivity index is 2.17. The van der Waals surface area contributed by atoms with Crippen molar-refractivity contribution in [1.82, 2.24) is 10.6 Å². The fourth-order valence-corrected chi connectivity index (χ4v) is 1.30. The zero-order valence-corrected chi connectivity index (χ0v) is 6.75. The van der Waals surface area contributed by atoms with Crippen LogP contribution in [0.5, 0.6) is 0 Å². The quantitative estimate of drug-likeness (QED) is 0.506. The van der Waals surface area contributed by atoms with Crippen LogP contribution in [0.25, 0.3) is 0 Å². The molecule has 0 saturated carbocycles. The molecule has 0 bridgehead atoms. The third kappa shape index (κ3) is 1.17. The van der Waals surface area contributed by atoms with Gasteiger partial charge in [-0.1, -0.05) is 12.2 Å². The summed E-state index contributed by atoms with van der Waals surface area (Å²) in [5.41, 5.74) is 0.185. The average Bonchev–Trinajstić information content (AvgIpc) is 2.27. The average molecular weight is 164 g/mol. The van der Waals surface area contributed by atoms with E-state index in [1.807, 2.05) is 30.5 Å². The maximum absolute atomic E-state index is 9.90. The second-order valence-electron chi connectivity index (χ2n) is 3.10. The Morgan fingerprint density at radius 2 is 2.08 bits per heavy atom. The Hall–Kier alpha value is -1.06. The van der Waals surface area contributed by atoms with Crippen molar-refractivity contribution in [2.45, 2.75) is 5.60 Å². The van der Waals surface area contributed by atoms with Crippen molar-refractivity contribution in [2.75, 3.05) is 13.1 Å². The molecule has 0 aromatic carbocycles. The van der Waals surface area contributed by atoms with E-state index in [0.29, 0.717) is 13.1 Å². The highest BCUT2D eigenvalue weighted by molar-refractivity contribution is 5.30. The van der Waals surface area contributed by atoms with Gasteiger partial charge in [0.05, 0.1) is 0 Å². The van der Waals surface area contributed by atoms with Crippen molar-refractivity contribution in [3.8, 4) is 0 Å². The van der Waals surface area contributed by atoms with E-state index in [1.54, 1.807) is 0 Å². The lowest BCUT2D eigenvalue weighted by molar-refractivity contribution is 0.0214. The minimum atomic E-state index is -0.682. The Morgan fingerprint density at radius 1 is 1.25 bits per heavy atom. The lowest BCUT2D eigenvalue weighted by Crippen LogP contribution is -2.62. The van der Waals surface area contributed by atoms with Crippen LogP contribution in [0.3, 0.4) is 0 Å². The molecule has 2 rings (SSSR count). The molecule has 0 aliphatic carbocycles. The molecule has 0 radical (unpaired) electrons. The molecular weight excluding hydrogens is 152 g/mol. The molecule has 3 nitrogen and oxygen atoms in total. The number of allylic oxidation sites excluding steroid dienone is 4. The number of hydrogen-bond donors (Lipinski definition) is 3. The molecule has 64 valence electrons. The van der Waals surface area contributed by atoms with Crippen molar-refractivity contribution in [3.63, 3.8) is 0 Å². The Labute approximate surface area is 71.5 Å². The van der Waals surface area contributed by atoms with E-state index in [1.165, 1.54) is 0 Å². The van der Waals surface area contributed by atoms with Crippen LogP contribution in [0.2, 0.25) is 0 Å². The van der Waals surface area contributed by atoms with Crippen LogP contribution >= 0.6 is 0 Å². The molecular formula is C9H12N2O. The molecule has 3 heteroatoms.